The van der Waals surface area contributed by atoms with Crippen molar-refractivity contribution in [3.8, 4) is 0 Å². The molecule has 0 saturated carbocycles. The Labute approximate surface area is 47.1 Å². The lowest BCUT2D eigenvalue weighted by Crippen LogP contribution is -2.77. The van der Waals surface area contributed by atoms with Crippen molar-refractivity contribution in [2.75, 3.05) is 6.54 Å². The zero-order chi connectivity index (χ0) is 6.41. The smallest absolute Gasteiger partial charge is 0.0756 e. The summed E-state index contributed by atoms with van der Waals surface area (Å²) in [7, 11) is 0. The molecule has 0 radical (unpaired) electrons. The Hall–Kier alpha value is -0.610. The number of nitrogens with two attached hydrogens (primary N) is 1. The molecule has 0 unspecified atom stereocenters. The van der Waals surface area contributed by atoms with Crippen LogP contribution in [-0.4, -0.2) is 12.5 Å². The van der Waals surface area contributed by atoms with E-state index in [9.17, 15) is 15.1 Å². The van der Waals surface area contributed by atoms with Crippen molar-refractivity contribution in [1.29, 1.82) is 0 Å². The number of carbonyl (C=O) groups is 1. The lowest BCUT2D eigenvalue weighted by atomic mass is 10.3. The van der Waals surface area contributed by atoms with E-state index in [1.807, 2.05) is 0 Å². The number of aliphatic carboxylic acids is 1. The van der Waals surface area contributed by atoms with Crippen LogP contribution in [0.15, 0.2) is 0 Å². The molecule has 0 saturated heterocycles. The number of quaternary nitrogens is 1. The Bertz CT molecular complexity index is 73.7. The highest BCUT2D eigenvalue weighted by Crippen LogP contribution is 1.78. The molecule has 0 aliphatic carbocycles. The van der Waals surface area contributed by atoms with Crippen molar-refractivity contribution in [3.05, 3.63) is 5.21 Å². The summed E-state index contributed by atoms with van der Waals surface area (Å²) in [5, 5.41) is 19.2. The minimum absolute atomic E-state index is 0.0151. The summed E-state index contributed by atoms with van der Waals surface area (Å²) < 4.78 is 0. The van der Waals surface area contributed by atoms with Gasteiger partial charge in [-0.25, -0.2) is 0 Å². The van der Waals surface area contributed by atoms with Crippen molar-refractivity contribution in [2.45, 2.75) is 12.8 Å². The first kappa shape index (κ1) is 7.39. The first-order valence-corrected chi connectivity index (χ1v) is 2.41. The van der Waals surface area contributed by atoms with Gasteiger partial charge in [0, 0.05) is 12.4 Å². The third-order valence-corrected chi connectivity index (χ3v) is 0.703. The molecule has 0 amide bonds. The van der Waals surface area contributed by atoms with Gasteiger partial charge in [-0.3, -0.25) is 0 Å². The second-order valence-corrected chi connectivity index (χ2v) is 1.43. The average molecular weight is 118 g/mol. The van der Waals surface area contributed by atoms with Crippen LogP contribution in [0.1, 0.15) is 12.8 Å². The highest BCUT2D eigenvalue weighted by atomic mass is 16.5. The molecule has 0 fully saturated rings. The molecule has 0 bridgehead atoms. The van der Waals surface area contributed by atoms with E-state index in [1.165, 1.54) is 0 Å². The van der Waals surface area contributed by atoms with Crippen LogP contribution in [0.2, 0.25) is 0 Å². The van der Waals surface area contributed by atoms with Gasteiger partial charge in [0.2, 0.25) is 0 Å². The van der Waals surface area contributed by atoms with Gasteiger partial charge < -0.3 is 20.6 Å². The largest absolute Gasteiger partial charge is 0.636 e. The van der Waals surface area contributed by atoms with Crippen LogP contribution in [-0.2, 0) is 4.79 Å². The van der Waals surface area contributed by atoms with Crippen LogP contribution in [0.4, 0.5) is 0 Å². The van der Waals surface area contributed by atoms with Crippen LogP contribution in [0.5, 0.6) is 0 Å². The molecule has 48 valence electrons. The van der Waals surface area contributed by atoms with Gasteiger partial charge in [0.1, 0.15) is 0 Å². The fraction of sp³-hybridized carbons (Fsp3) is 0.750. The standard InChI is InChI=1S/C4H9NO3/c6-4(7)2-1-3-5-8/h1-3,5H2,(H,6,7)/p-1. The second-order valence-electron chi connectivity index (χ2n) is 1.43. The van der Waals surface area contributed by atoms with E-state index in [1.54, 1.807) is 0 Å². The van der Waals surface area contributed by atoms with E-state index in [2.05, 4.69) is 0 Å². The molecule has 2 N–H and O–H groups in total. The van der Waals surface area contributed by atoms with Gasteiger partial charge in [-0.15, -0.1) is 0 Å². The summed E-state index contributed by atoms with van der Waals surface area (Å²) in [6.07, 6.45) is 0.380. The number of hydrogen-bond acceptors (Lipinski definition) is 3. The lowest BCUT2D eigenvalue weighted by Gasteiger charge is -2.01. The molecule has 8 heavy (non-hydrogen) atoms. The van der Waals surface area contributed by atoms with Crippen molar-refractivity contribution in [3.63, 3.8) is 0 Å². The highest BCUT2D eigenvalue weighted by Gasteiger charge is 1.84. The molecule has 0 atom stereocenters. The Morgan fingerprint density at radius 2 is 2.25 bits per heavy atom. The van der Waals surface area contributed by atoms with Crippen molar-refractivity contribution in [2.24, 2.45) is 0 Å². The zero-order valence-electron chi connectivity index (χ0n) is 4.42. The van der Waals surface area contributed by atoms with Gasteiger partial charge in [-0.1, -0.05) is 0 Å². The highest BCUT2D eigenvalue weighted by molar-refractivity contribution is 5.64. The fourth-order valence-corrected chi connectivity index (χ4v) is 0.330. The minimum atomic E-state index is -1.09. The van der Waals surface area contributed by atoms with Crippen LogP contribution in [0.3, 0.4) is 0 Å². The van der Waals surface area contributed by atoms with Gasteiger partial charge in [0.05, 0.1) is 6.54 Å². The van der Waals surface area contributed by atoms with Crippen LogP contribution in [0, 0.1) is 5.21 Å². The molecule has 4 nitrogen and oxygen atoms in total. The molecule has 0 rings (SSSR count). The fourth-order valence-electron chi connectivity index (χ4n) is 0.330. The molecule has 0 aliphatic rings. The maximum Gasteiger partial charge on any atom is 0.0756 e. The van der Waals surface area contributed by atoms with Gasteiger partial charge in [0.15, 0.2) is 0 Å². The lowest BCUT2D eigenvalue weighted by molar-refractivity contribution is -0.589. The molecular weight excluding hydrogens is 110 g/mol. The summed E-state index contributed by atoms with van der Waals surface area (Å²) >= 11 is 0. The van der Waals surface area contributed by atoms with E-state index in [0.717, 1.165) is 0 Å². The minimum Gasteiger partial charge on any atom is -0.636 e. The number of carbonyl (C=O) groups excluding carboxylic acids is 1. The predicted molar refractivity (Wildman–Crippen MR) is 24.4 cm³/mol. The molecular formula is C4H8NO3-. The summed E-state index contributed by atoms with van der Waals surface area (Å²) in [4.78, 5) is 9.65. The van der Waals surface area contributed by atoms with Gasteiger partial charge >= 0.3 is 0 Å². The van der Waals surface area contributed by atoms with E-state index in [4.69, 9.17) is 0 Å². The summed E-state index contributed by atoms with van der Waals surface area (Å²) in [5.41, 5.74) is 0.697. The predicted octanol–water partition coefficient (Wildman–Crippen LogP) is -2.42. The maximum absolute atomic E-state index is 9.65. The van der Waals surface area contributed by atoms with Gasteiger partial charge in [-0.05, 0) is 6.42 Å². The SMILES string of the molecule is O=C([O-])CCC[NH2+][O-]. The topological polar surface area (TPSA) is 79.8 Å². The number of hydrogen-bond donors (Lipinski definition) is 1. The molecule has 0 aromatic heterocycles. The van der Waals surface area contributed by atoms with E-state index in [0.29, 0.717) is 18.4 Å². The molecule has 4 heteroatoms. The van der Waals surface area contributed by atoms with Gasteiger partial charge in [-0.2, -0.15) is 0 Å². The normalized spacial score (nSPS) is 9.12. The van der Waals surface area contributed by atoms with Crippen molar-refractivity contribution in [1.82, 2.24) is 0 Å². The van der Waals surface area contributed by atoms with Gasteiger partial charge in [0.25, 0.3) is 0 Å². The number of rotatable bonds is 4. The number of carboxylic acid groups (broad SMARTS) is 1. The Balaban J connectivity index is 2.82. The third kappa shape index (κ3) is 5.39. The van der Waals surface area contributed by atoms with Crippen LogP contribution in [0.25, 0.3) is 0 Å². The van der Waals surface area contributed by atoms with Crippen molar-refractivity contribution >= 4 is 5.97 Å². The van der Waals surface area contributed by atoms with Crippen LogP contribution < -0.4 is 10.6 Å². The quantitative estimate of drug-likeness (QED) is 0.329. The molecule has 0 aromatic carbocycles. The molecule has 0 spiro atoms. The van der Waals surface area contributed by atoms with E-state index in [-0.39, 0.29) is 6.42 Å². The maximum atomic E-state index is 9.65. The number of carboxylic acids is 1. The number of hydroxylamine groups is 1. The third-order valence-electron chi connectivity index (χ3n) is 0.703. The van der Waals surface area contributed by atoms with E-state index >= 15 is 0 Å². The summed E-state index contributed by atoms with van der Waals surface area (Å²) in [5.74, 6) is -1.09. The Kier molecular flexibility index (Phi) is 4.20. The molecule has 0 heterocycles. The Morgan fingerprint density at radius 1 is 1.62 bits per heavy atom. The Morgan fingerprint density at radius 3 is 2.62 bits per heavy atom. The van der Waals surface area contributed by atoms with Crippen LogP contribution >= 0.6 is 0 Å². The monoisotopic (exact) mass is 118 g/mol. The zero-order valence-corrected chi connectivity index (χ0v) is 4.42. The molecule has 0 aromatic rings. The molecule has 0 aliphatic heterocycles. The first-order valence-electron chi connectivity index (χ1n) is 2.41. The van der Waals surface area contributed by atoms with Crippen molar-refractivity contribution < 1.29 is 15.4 Å². The summed E-state index contributed by atoms with van der Waals surface area (Å²) in [6, 6.07) is 0. The average Bonchev–Trinajstić information content (AvgIpc) is 1.66. The second kappa shape index (κ2) is 4.55. The first-order chi connectivity index (χ1) is 3.77. The van der Waals surface area contributed by atoms with E-state index < -0.39 is 5.97 Å². The summed E-state index contributed by atoms with van der Waals surface area (Å²) in [6.45, 7) is 0.313.